The molecule has 0 bridgehead atoms. The highest BCUT2D eigenvalue weighted by molar-refractivity contribution is 5.96. The third-order valence-electron chi connectivity index (χ3n) is 2.11. The van der Waals surface area contributed by atoms with Crippen LogP contribution in [0.4, 0.5) is 0 Å². The molecule has 1 aliphatic rings. The summed E-state index contributed by atoms with van der Waals surface area (Å²) in [6.07, 6.45) is 3.26. The third kappa shape index (κ3) is 1.30. The summed E-state index contributed by atoms with van der Waals surface area (Å²) >= 11 is 0. The van der Waals surface area contributed by atoms with Crippen molar-refractivity contribution >= 4 is 11.4 Å². The van der Waals surface area contributed by atoms with E-state index in [1.54, 1.807) is 0 Å². The highest BCUT2D eigenvalue weighted by Crippen LogP contribution is 2.24. The maximum atomic E-state index is 11.0. The van der Waals surface area contributed by atoms with E-state index in [9.17, 15) is 4.79 Å². The van der Waals surface area contributed by atoms with Crippen molar-refractivity contribution in [3.05, 3.63) is 42.0 Å². The normalized spacial score (nSPS) is 16.3. The summed E-state index contributed by atoms with van der Waals surface area (Å²) < 4.78 is 0. The molecule has 0 atom stereocenters. The number of carbonyl (C=O) groups excluding carboxylic acids is 1. The van der Waals surface area contributed by atoms with Crippen LogP contribution in [0.2, 0.25) is 0 Å². The largest absolute Gasteiger partial charge is 0.299 e. The third-order valence-corrected chi connectivity index (χ3v) is 2.11. The summed E-state index contributed by atoms with van der Waals surface area (Å²) in [6.45, 7) is 0. The lowest BCUT2D eigenvalue weighted by Gasteiger charge is -1.98. The van der Waals surface area contributed by atoms with Gasteiger partial charge in [0.15, 0.2) is 0 Å². The summed E-state index contributed by atoms with van der Waals surface area (Å²) in [5, 5.41) is 0. The van der Waals surface area contributed by atoms with E-state index in [1.807, 2.05) is 36.4 Å². The molecule has 12 heavy (non-hydrogen) atoms. The summed E-state index contributed by atoms with van der Waals surface area (Å²) in [7, 11) is 0. The van der Waals surface area contributed by atoms with Crippen molar-refractivity contribution in [2.75, 3.05) is 0 Å². The summed E-state index contributed by atoms with van der Waals surface area (Å²) in [4.78, 5) is 11.0. The van der Waals surface area contributed by atoms with Crippen LogP contribution in [0.3, 0.4) is 0 Å². The van der Waals surface area contributed by atoms with Crippen LogP contribution < -0.4 is 0 Å². The predicted octanol–water partition coefficient (Wildman–Crippen LogP) is 2.43. The van der Waals surface area contributed by atoms with Gasteiger partial charge in [0.25, 0.3) is 0 Å². The van der Waals surface area contributed by atoms with E-state index in [0.29, 0.717) is 18.6 Å². The van der Waals surface area contributed by atoms with E-state index >= 15 is 0 Å². The molecular formula is C11H10O. The van der Waals surface area contributed by atoms with Gasteiger partial charge in [0.1, 0.15) is 5.78 Å². The van der Waals surface area contributed by atoms with Crippen molar-refractivity contribution in [3.63, 3.8) is 0 Å². The van der Waals surface area contributed by atoms with Gasteiger partial charge in [-0.2, -0.15) is 0 Å². The molecular weight excluding hydrogens is 148 g/mol. The summed E-state index contributed by atoms with van der Waals surface area (Å²) in [6, 6.07) is 10.1. The summed E-state index contributed by atoms with van der Waals surface area (Å²) in [5.74, 6) is 0.328. The number of carbonyl (C=O) groups is 1. The van der Waals surface area contributed by atoms with Crippen LogP contribution in [-0.4, -0.2) is 5.78 Å². The Balaban J connectivity index is 2.28. The van der Waals surface area contributed by atoms with Gasteiger partial charge in [0.2, 0.25) is 0 Å². The van der Waals surface area contributed by atoms with Gasteiger partial charge in [-0.25, -0.2) is 0 Å². The zero-order chi connectivity index (χ0) is 8.39. The molecule has 1 aromatic rings. The van der Waals surface area contributed by atoms with E-state index in [4.69, 9.17) is 0 Å². The number of hydrogen-bond acceptors (Lipinski definition) is 1. The Bertz CT molecular complexity index is 322. The Morgan fingerprint density at radius 2 is 1.83 bits per heavy atom. The Hall–Kier alpha value is -1.37. The van der Waals surface area contributed by atoms with Gasteiger partial charge >= 0.3 is 0 Å². The smallest absolute Gasteiger partial charge is 0.141 e. The van der Waals surface area contributed by atoms with Crippen molar-refractivity contribution in [1.29, 1.82) is 0 Å². The van der Waals surface area contributed by atoms with Crippen LogP contribution >= 0.6 is 0 Å². The van der Waals surface area contributed by atoms with E-state index < -0.39 is 0 Å². The maximum absolute atomic E-state index is 11.0. The maximum Gasteiger partial charge on any atom is 0.141 e. The Labute approximate surface area is 71.7 Å². The topological polar surface area (TPSA) is 17.1 Å². The molecule has 0 amide bonds. The second kappa shape index (κ2) is 2.94. The number of rotatable bonds is 1. The lowest BCUT2D eigenvalue weighted by atomic mass is 10.1. The highest BCUT2D eigenvalue weighted by Gasteiger charge is 2.13. The number of Topliss-reactive ketones (excluding diaryl/α,β-unsaturated/α-hetero) is 1. The Morgan fingerprint density at radius 1 is 1.08 bits per heavy atom. The lowest BCUT2D eigenvalue weighted by Crippen LogP contribution is -1.88. The fourth-order valence-corrected chi connectivity index (χ4v) is 1.47. The fourth-order valence-electron chi connectivity index (χ4n) is 1.47. The molecule has 0 fully saturated rings. The molecule has 60 valence electrons. The van der Waals surface area contributed by atoms with Crippen LogP contribution in [0.25, 0.3) is 5.57 Å². The number of allylic oxidation sites excluding steroid dienone is 2. The summed E-state index contributed by atoms with van der Waals surface area (Å²) in [5.41, 5.74) is 2.36. The first-order valence-corrected chi connectivity index (χ1v) is 4.12. The molecule has 0 aliphatic heterocycles. The molecule has 0 saturated heterocycles. The van der Waals surface area contributed by atoms with E-state index in [2.05, 4.69) is 0 Å². The zero-order valence-electron chi connectivity index (χ0n) is 6.79. The van der Waals surface area contributed by atoms with Gasteiger partial charge < -0.3 is 0 Å². The first-order chi connectivity index (χ1) is 5.86. The molecule has 0 heterocycles. The molecule has 1 aromatic carbocycles. The molecule has 1 nitrogen and oxygen atoms in total. The predicted molar refractivity (Wildman–Crippen MR) is 48.7 cm³/mol. The average Bonchev–Trinajstić information content (AvgIpc) is 2.54. The Kier molecular flexibility index (Phi) is 1.78. The van der Waals surface area contributed by atoms with Crippen LogP contribution in [0.5, 0.6) is 0 Å². The van der Waals surface area contributed by atoms with Crippen molar-refractivity contribution in [2.45, 2.75) is 12.8 Å². The molecule has 1 heteroatoms. The number of ketones is 1. The molecule has 0 aromatic heterocycles. The van der Waals surface area contributed by atoms with Crippen LogP contribution in [0.15, 0.2) is 36.4 Å². The molecule has 0 saturated carbocycles. The number of benzene rings is 1. The minimum Gasteiger partial charge on any atom is -0.299 e. The van der Waals surface area contributed by atoms with E-state index in [1.165, 1.54) is 11.1 Å². The molecule has 2 rings (SSSR count). The van der Waals surface area contributed by atoms with Gasteiger partial charge in [-0.05, 0) is 11.1 Å². The molecule has 0 spiro atoms. The molecule has 1 aliphatic carbocycles. The van der Waals surface area contributed by atoms with E-state index in [0.717, 1.165) is 0 Å². The van der Waals surface area contributed by atoms with Crippen LogP contribution in [0, 0.1) is 0 Å². The van der Waals surface area contributed by atoms with Crippen LogP contribution in [-0.2, 0) is 4.79 Å². The second-order valence-corrected chi connectivity index (χ2v) is 3.01. The molecule has 0 N–H and O–H groups in total. The average molecular weight is 158 g/mol. The van der Waals surface area contributed by atoms with Gasteiger partial charge in [-0.15, -0.1) is 0 Å². The second-order valence-electron chi connectivity index (χ2n) is 3.01. The fraction of sp³-hybridized carbons (Fsp3) is 0.182. The standard InChI is InChI=1S/C11H10O/c12-11-7-6-10(8-11)9-4-2-1-3-5-9/h1-6H,7-8H2. The zero-order valence-corrected chi connectivity index (χ0v) is 6.79. The molecule has 0 radical (unpaired) electrons. The van der Waals surface area contributed by atoms with Gasteiger partial charge in [0.05, 0.1) is 0 Å². The number of hydrogen-bond donors (Lipinski definition) is 0. The minimum absolute atomic E-state index is 0.328. The minimum atomic E-state index is 0.328. The van der Waals surface area contributed by atoms with Crippen molar-refractivity contribution in [3.8, 4) is 0 Å². The van der Waals surface area contributed by atoms with E-state index in [-0.39, 0.29) is 0 Å². The first kappa shape index (κ1) is 7.29. The van der Waals surface area contributed by atoms with Crippen molar-refractivity contribution in [1.82, 2.24) is 0 Å². The first-order valence-electron chi connectivity index (χ1n) is 4.12. The SMILES string of the molecule is O=C1CC=C(c2ccccc2)C1. The van der Waals surface area contributed by atoms with Gasteiger partial charge in [-0.3, -0.25) is 4.79 Å². The highest BCUT2D eigenvalue weighted by atomic mass is 16.1. The van der Waals surface area contributed by atoms with Gasteiger partial charge in [0, 0.05) is 12.8 Å². The van der Waals surface area contributed by atoms with Gasteiger partial charge in [-0.1, -0.05) is 36.4 Å². The monoisotopic (exact) mass is 158 g/mol. The van der Waals surface area contributed by atoms with Crippen LogP contribution in [0.1, 0.15) is 18.4 Å². The lowest BCUT2D eigenvalue weighted by molar-refractivity contribution is -0.116. The van der Waals surface area contributed by atoms with Crippen molar-refractivity contribution < 1.29 is 4.79 Å². The van der Waals surface area contributed by atoms with Crippen molar-refractivity contribution in [2.24, 2.45) is 0 Å². The molecule has 0 unspecified atom stereocenters. The Morgan fingerprint density at radius 3 is 2.42 bits per heavy atom. The quantitative estimate of drug-likeness (QED) is 0.613.